The van der Waals surface area contributed by atoms with E-state index in [-0.39, 0.29) is 24.0 Å². The first kappa shape index (κ1) is 24.9. The topological polar surface area (TPSA) is 52.1 Å². The summed E-state index contributed by atoms with van der Waals surface area (Å²) in [5, 5.41) is 6.69. The van der Waals surface area contributed by atoms with Gasteiger partial charge < -0.3 is 25.2 Å². The van der Waals surface area contributed by atoms with E-state index in [4.69, 9.17) is 4.74 Å². The van der Waals surface area contributed by atoms with Crippen LogP contribution in [-0.4, -0.2) is 88.9 Å². The van der Waals surface area contributed by atoms with E-state index in [0.29, 0.717) is 5.92 Å². The lowest BCUT2D eigenvalue weighted by Crippen LogP contribution is -2.40. The zero-order valence-electron chi connectivity index (χ0n) is 16.7. The molecule has 0 aliphatic carbocycles. The molecule has 2 N–H and O–H groups in total. The van der Waals surface area contributed by atoms with Crippen LogP contribution in [0.2, 0.25) is 0 Å². The molecule has 0 spiro atoms. The molecule has 1 heterocycles. The van der Waals surface area contributed by atoms with Crippen LogP contribution >= 0.6 is 24.0 Å². The maximum atomic E-state index is 5.61. The van der Waals surface area contributed by atoms with E-state index in [1.54, 1.807) is 0 Å². The fourth-order valence-electron chi connectivity index (χ4n) is 2.72. The van der Waals surface area contributed by atoms with E-state index in [9.17, 15) is 0 Å². The first-order valence-electron chi connectivity index (χ1n) is 9.55. The van der Waals surface area contributed by atoms with Crippen molar-refractivity contribution in [2.24, 2.45) is 10.9 Å². The van der Waals surface area contributed by atoms with E-state index in [2.05, 4.69) is 46.3 Å². The van der Waals surface area contributed by atoms with E-state index in [0.717, 1.165) is 51.6 Å². The molecule has 0 bridgehead atoms. The molecule has 0 aromatic rings. The molecule has 1 rings (SSSR count). The van der Waals surface area contributed by atoms with Gasteiger partial charge in [-0.15, -0.1) is 24.0 Å². The molecule has 0 radical (unpaired) electrons. The Kier molecular flexibility index (Phi) is 16.0. The van der Waals surface area contributed by atoms with Crippen molar-refractivity contribution in [3.05, 3.63) is 0 Å². The fourth-order valence-corrected chi connectivity index (χ4v) is 2.72. The minimum Gasteiger partial charge on any atom is -0.380 e. The van der Waals surface area contributed by atoms with Gasteiger partial charge in [0.15, 0.2) is 5.96 Å². The van der Waals surface area contributed by atoms with Gasteiger partial charge in [0.2, 0.25) is 0 Å². The van der Waals surface area contributed by atoms with Gasteiger partial charge in [0.05, 0.1) is 6.61 Å². The van der Waals surface area contributed by atoms with Crippen LogP contribution in [0.25, 0.3) is 0 Å². The lowest BCUT2D eigenvalue weighted by molar-refractivity contribution is 0.128. The molecule has 1 saturated heterocycles. The Morgan fingerprint density at radius 1 is 1.08 bits per heavy atom. The summed E-state index contributed by atoms with van der Waals surface area (Å²) in [6.45, 7) is 13.8. The Balaban J connectivity index is 0.00000576. The average molecular weight is 469 g/mol. The summed E-state index contributed by atoms with van der Waals surface area (Å²) in [6, 6.07) is 0. The highest BCUT2D eigenvalue weighted by Crippen LogP contribution is 2.01. The average Bonchev–Trinajstić information content (AvgIpc) is 2.76. The van der Waals surface area contributed by atoms with Crippen molar-refractivity contribution in [3.8, 4) is 0 Å². The van der Waals surface area contributed by atoms with E-state index < -0.39 is 0 Å². The van der Waals surface area contributed by atoms with Gasteiger partial charge in [0.1, 0.15) is 0 Å². The third kappa shape index (κ3) is 13.7. The highest BCUT2D eigenvalue weighted by atomic mass is 127. The number of halogens is 1. The Bertz CT molecular complexity index is 341. The zero-order chi connectivity index (χ0) is 17.6. The van der Waals surface area contributed by atoms with Crippen molar-refractivity contribution in [1.29, 1.82) is 0 Å². The number of hydrogen-bond acceptors (Lipinski definition) is 4. The van der Waals surface area contributed by atoms with E-state index >= 15 is 0 Å². The van der Waals surface area contributed by atoms with Crippen LogP contribution in [0.15, 0.2) is 4.99 Å². The van der Waals surface area contributed by atoms with Crippen LogP contribution in [0.3, 0.4) is 0 Å². The number of hydrogen-bond donors (Lipinski definition) is 2. The molecular weight excluding hydrogens is 429 g/mol. The van der Waals surface area contributed by atoms with Crippen LogP contribution < -0.4 is 10.6 Å². The lowest BCUT2D eigenvalue weighted by atomic mass is 10.1. The van der Waals surface area contributed by atoms with Gasteiger partial charge in [-0.05, 0) is 51.9 Å². The fraction of sp³-hybridized carbons (Fsp3) is 0.944. The molecule has 0 atom stereocenters. The largest absolute Gasteiger partial charge is 0.380 e. The highest BCUT2D eigenvalue weighted by molar-refractivity contribution is 14.0. The monoisotopic (exact) mass is 469 g/mol. The third-order valence-electron chi connectivity index (χ3n) is 4.36. The maximum Gasteiger partial charge on any atom is 0.191 e. The van der Waals surface area contributed by atoms with Gasteiger partial charge in [-0.25, -0.2) is 0 Å². The predicted molar refractivity (Wildman–Crippen MR) is 118 cm³/mol. The molecule has 150 valence electrons. The van der Waals surface area contributed by atoms with Gasteiger partial charge >= 0.3 is 0 Å². The van der Waals surface area contributed by atoms with E-state index in [1.165, 1.54) is 32.6 Å². The second-order valence-electron chi connectivity index (χ2n) is 7.07. The lowest BCUT2D eigenvalue weighted by Gasteiger charge is -2.20. The van der Waals surface area contributed by atoms with Crippen molar-refractivity contribution < 1.29 is 4.74 Å². The molecular formula is C18H40IN5O. The molecule has 0 aromatic carbocycles. The van der Waals surface area contributed by atoms with Gasteiger partial charge in [-0.2, -0.15) is 0 Å². The Morgan fingerprint density at radius 3 is 2.56 bits per heavy atom. The van der Waals surface area contributed by atoms with Gasteiger partial charge in [-0.1, -0.05) is 13.8 Å². The summed E-state index contributed by atoms with van der Waals surface area (Å²) in [7, 11) is 4.03. The van der Waals surface area contributed by atoms with Crippen molar-refractivity contribution in [2.75, 3.05) is 73.1 Å². The number of ether oxygens (including phenoxy) is 1. The van der Waals surface area contributed by atoms with E-state index in [1.807, 2.05) is 7.05 Å². The first-order chi connectivity index (χ1) is 11.6. The Morgan fingerprint density at radius 2 is 1.84 bits per heavy atom. The third-order valence-corrected chi connectivity index (χ3v) is 4.36. The first-order valence-corrected chi connectivity index (χ1v) is 9.55. The van der Waals surface area contributed by atoms with Gasteiger partial charge in [0, 0.05) is 39.8 Å². The van der Waals surface area contributed by atoms with Crippen molar-refractivity contribution >= 4 is 29.9 Å². The number of aliphatic imine (C=N–C) groups is 1. The normalized spacial score (nSPS) is 17.2. The molecule has 25 heavy (non-hydrogen) atoms. The van der Waals surface area contributed by atoms with Crippen molar-refractivity contribution in [2.45, 2.75) is 33.1 Å². The number of nitrogens with one attached hydrogen (secondary N) is 2. The minimum absolute atomic E-state index is 0. The summed E-state index contributed by atoms with van der Waals surface area (Å²) in [5.41, 5.74) is 0. The predicted octanol–water partition coefficient (Wildman–Crippen LogP) is 1.86. The Hall–Kier alpha value is -0.120. The summed E-state index contributed by atoms with van der Waals surface area (Å²) in [5.74, 6) is 1.58. The SMILES string of the molecule is CN=C(NCCCN1CCCN(C)CC1)NCCOCCC(C)C.I. The summed E-state index contributed by atoms with van der Waals surface area (Å²) >= 11 is 0. The quantitative estimate of drug-likeness (QED) is 0.222. The molecule has 0 saturated carbocycles. The number of guanidine groups is 1. The highest BCUT2D eigenvalue weighted by Gasteiger charge is 2.11. The number of likely N-dealkylation sites (N-methyl/N-ethyl adjacent to an activating group) is 1. The summed E-state index contributed by atoms with van der Waals surface area (Å²) in [6.07, 6.45) is 3.55. The van der Waals surface area contributed by atoms with Crippen LogP contribution in [0.1, 0.15) is 33.1 Å². The minimum atomic E-state index is 0. The second kappa shape index (κ2) is 16.1. The molecule has 0 amide bonds. The molecule has 6 nitrogen and oxygen atoms in total. The molecule has 1 aliphatic heterocycles. The van der Waals surface area contributed by atoms with Crippen LogP contribution in [0.5, 0.6) is 0 Å². The Labute approximate surface area is 172 Å². The standard InChI is InChI=1S/C18H39N5O.HI/c1-17(2)7-15-24-16-9-21-18(19-3)20-8-5-11-23-12-6-10-22(4)13-14-23;/h17H,5-16H2,1-4H3,(H2,19,20,21);1H. The van der Waals surface area contributed by atoms with Crippen LogP contribution in [0, 0.1) is 5.92 Å². The molecule has 7 heteroatoms. The summed E-state index contributed by atoms with van der Waals surface area (Å²) < 4.78 is 5.61. The maximum absolute atomic E-state index is 5.61. The second-order valence-corrected chi connectivity index (χ2v) is 7.07. The molecule has 1 fully saturated rings. The number of nitrogens with zero attached hydrogens (tertiary/aromatic N) is 3. The smallest absolute Gasteiger partial charge is 0.191 e. The van der Waals surface area contributed by atoms with Crippen LogP contribution in [0.4, 0.5) is 0 Å². The molecule has 1 aliphatic rings. The molecule has 0 aromatic heterocycles. The zero-order valence-corrected chi connectivity index (χ0v) is 19.1. The van der Waals surface area contributed by atoms with Gasteiger partial charge in [0.25, 0.3) is 0 Å². The van der Waals surface area contributed by atoms with Crippen LogP contribution in [-0.2, 0) is 4.74 Å². The van der Waals surface area contributed by atoms with Crippen molar-refractivity contribution in [3.63, 3.8) is 0 Å². The van der Waals surface area contributed by atoms with Gasteiger partial charge in [-0.3, -0.25) is 4.99 Å². The number of rotatable bonds is 10. The molecule has 0 unspecified atom stereocenters. The van der Waals surface area contributed by atoms with Crippen molar-refractivity contribution in [1.82, 2.24) is 20.4 Å². The summed E-state index contributed by atoms with van der Waals surface area (Å²) in [4.78, 5) is 9.26.